The van der Waals surface area contributed by atoms with E-state index in [0.717, 1.165) is 6.54 Å². The van der Waals surface area contributed by atoms with Gasteiger partial charge in [0, 0.05) is 12.2 Å². The van der Waals surface area contributed by atoms with Gasteiger partial charge in [-0.05, 0) is 42.9 Å². The molecule has 1 aromatic rings. The van der Waals surface area contributed by atoms with Gasteiger partial charge in [-0.25, -0.2) is 4.39 Å². The van der Waals surface area contributed by atoms with Crippen LogP contribution < -0.4 is 11.1 Å². The number of nitrogens with two attached hydrogens (primary N) is 1. The number of hydrogen-bond donors (Lipinski definition) is 2. The number of rotatable bonds is 5. The standard InChI is InChI=1S/C13H19FN2/c1-2-5-13(6-7-13)9-16-12-4-3-10(15)8-11(12)14/h3-4,8,16H,2,5-7,9,15H2,1H3. The molecule has 88 valence electrons. The monoisotopic (exact) mass is 222 g/mol. The molecule has 0 spiro atoms. The average Bonchev–Trinajstić information content (AvgIpc) is 2.98. The van der Waals surface area contributed by atoms with Crippen molar-refractivity contribution in [3.8, 4) is 0 Å². The Hall–Kier alpha value is -1.25. The van der Waals surface area contributed by atoms with Gasteiger partial charge in [0.25, 0.3) is 0 Å². The third-order valence-corrected chi connectivity index (χ3v) is 3.38. The van der Waals surface area contributed by atoms with Gasteiger partial charge in [-0.3, -0.25) is 0 Å². The number of anilines is 2. The van der Waals surface area contributed by atoms with Crippen LogP contribution >= 0.6 is 0 Å². The fourth-order valence-electron chi connectivity index (χ4n) is 2.18. The summed E-state index contributed by atoms with van der Waals surface area (Å²) in [5.41, 5.74) is 6.97. The van der Waals surface area contributed by atoms with Crippen LogP contribution in [0, 0.1) is 11.2 Å². The van der Waals surface area contributed by atoms with Gasteiger partial charge in [0.1, 0.15) is 5.82 Å². The molecular formula is C13H19FN2. The van der Waals surface area contributed by atoms with Crippen LogP contribution in [-0.4, -0.2) is 6.54 Å². The number of nitrogen functional groups attached to an aromatic ring is 1. The second-order valence-electron chi connectivity index (χ2n) is 4.84. The van der Waals surface area contributed by atoms with Crippen molar-refractivity contribution in [3.05, 3.63) is 24.0 Å². The van der Waals surface area contributed by atoms with E-state index in [9.17, 15) is 4.39 Å². The van der Waals surface area contributed by atoms with Crippen molar-refractivity contribution in [1.29, 1.82) is 0 Å². The fourth-order valence-corrected chi connectivity index (χ4v) is 2.18. The van der Waals surface area contributed by atoms with Crippen molar-refractivity contribution in [2.45, 2.75) is 32.6 Å². The Morgan fingerprint density at radius 2 is 2.19 bits per heavy atom. The van der Waals surface area contributed by atoms with E-state index in [1.165, 1.54) is 31.7 Å². The summed E-state index contributed by atoms with van der Waals surface area (Å²) in [4.78, 5) is 0. The molecule has 2 nitrogen and oxygen atoms in total. The fraction of sp³-hybridized carbons (Fsp3) is 0.538. The number of halogens is 1. The molecule has 16 heavy (non-hydrogen) atoms. The summed E-state index contributed by atoms with van der Waals surface area (Å²) in [5, 5.41) is 3.20. The van der Waals surface area contributed by atoms with Gasteiger partial charge >= 0.3 is 0 Å². The first-order valence-corrected chi connectivity index (χ1v) is 5.94. The molecule has 0 radical (unpaired) electrons. The number of benzene rings is 1. The zero-order valence-corrected chi connectivity index (χ0v) is 9.72. The van der Waals surface area contributed by atoms with Crippen molar-refractivity contribution < 1.29 is 4.39 Å². The Morgan fingerprint density at radius 3 is 2.75 bits per heavy atom. The minimum absolute atomic E-state index is 0.257. The zero-order valence-electron chi connectivity index (χ0n) is 9.72. The predicted molar refractivity (Wildman–Crippen MR) is 65.9 cm³/mol. The molecule has 0 aliphatic heterocycles. The molecule has 1 aliphatic rings. The van der Waals surface area contributed by atoms with Crippen LogP contribution in [0.5, 0.6) is 0 Å². The molecule has 1 fully saturated rings. The molecule has 1 aliphatic carbocycles. The van der Waals surface area contributed by atoms with E-state index in [-0.39, 0.29) is 5.82 Å². The van der Waals surface area contributed by atoms with E-state index in [1.807, 2.05) is 0 Å². The van der Waals surface area contributed by atoms with E-state index in [4.69, 9.17) is 5.73 Å². The van der Waals surface area contributed by atoms with Gasteiger partial charge in [0.15, 0.2) is 0 Å². The Morgan fingerprint density at radius 1 is 1.44 bits per heavy atom. The van der Waals surface area contributed by atoms with E-state index in [0.29, 0.717) is 16.8 Å². The van der Waals surface area contributed by atoms with Gasteiger partial charge in [0.2, 0.25) is 0 Å². The molecule has 1 aromatic carbocycles. The lowest BCUT2D eigenvalue weighted by Crippen LogP contribution is -2.15. The van der Waals surface area contributed by atoms with Gasteiger partial charge in [-0.1, -0.05) is 13.3 Å². The first kappa shape index (κ1) is 11.2. The SMILES string of the molecule is CCCC1(CNc2ccc(N)cc2F)CC1. The van der Waals surface area contributed by atoms with Crippen LogP contribution in [-0.2, 0) is 0 Å². The lowest BCUT2D eigenvalue weighted by Gasteiger charge is -2.16. The smallest absolute Gasteiger partial charge is 0.148 e. The number of hydrogen-bond acceptors (Lipinski definition) is 2. The quantitative estimate of drug-likeness (QED) is 0.749. The molecule has 0 aromatic heterocycles. The average molecular weight is 222 g/mol. The largest absolute Gasteiger partial charge is 0.399 e. The van der Waals surface area contributed by atoms with Crippen molar-refractivity contribution in [2.24, 2.45) is 5.41 Å². The zero-order chi connectivity index (χ0) is 11.6. The minimum Gasteiger partial charge on any atom is -0.399 e. The van der Waals surface area contributed by atoms with Crippen LogP contribution in [0.2, 0.25) is 0 Å². The molecule has 3 N–H and O–H groups in total. The number of nitrogens with one attached hydrogen (secondary N) is 1. The lowest BCUT2D eigenvalue weighted by atomic mass is 10.0. The summed E-state index contributed by atoms with van der Waals surface area (Å²) in [6, 6.07) is 4.80. The maximum atomic E-state index is 13.5. The van der Waals surface area contributed by atoms with Gasteiger partial charge in [0.05, 0.1) is 5.69 Å². The van der Waals surface area contributed by atoms with Gasteiger partial charge in [-0.2, -0.15) is 0 Å². The van der Waals surface area contributed by atoms with Crippen molar-refractivity contribution in [1.82, 2.24) is 0 Å². The van der Waals surface area contributed by atoms with E-state index < -0.39 is 0 Å². The first-order chi connectivity index (χ1) is 7.65. The second-order valence-corrected chi connectivity index (χ2v) is 4.84. The predicted octanol–water partition coefficient (Wildman–Crippen LogP) is 3.40. The molecule has 0 unspecified atom stereocenters. The topological polar surface area (TPSA) is 38.0 Å². The summed E-state index contributed by atoms with van der Waals surface area (Å²) in [6.07, 6.45) is 4.97. The molecule has 0 amide bonds. The van der Waals surface area contributed by atoms with Crippen LogP contribution in [0.3, 0.4) is 0 Å². The van der Waals surface area contributed by atoms with Crippen LogP contribution in [0.25, 0.3) is 0 Å². The summed E-state index contributed by atoms with van der Waals surface area (Å²) in [7, 11) is 0. The maximum Gasteiger partial charge on any atom is 0.148 e. The second kappa shape index (κ2) is 4.32. The lowest BCUT2D eigenvalue weighted by molar-refractivity contribution is 0.484. The summed E-state index contributed by atoms with van der Waals surface area (Å²) < 4.78 is 13.5. The summed E-state index contributed by atoms with van der Waals surface area (Å²) in [5.74, 6) is -0.257. The Labute approximate surface area is 96.0 Å². The van der Waals surface area contributed by atoms with Gasteiger partial charge < -0.3 is 11.1 Å². The molecule has 0 heterocycles. The third kappa shape index (κ3) is 2.46. The first-order valence-electron chi connectivity index (χ1n) is 5.94. The summed E-state index contributed by atoms with van der Waals surface area (Å²) in [6.45, 7) is 3.07. The molecule has 0 saturated heterocycles. The normalized spacial score (nSPS) is 17.1. The molecule has 1 saturated carbocycles. The minimum atomic E-state index is -0.257. The van der Waals surface area contributed by atoms with E-state index in [2.05, 4.69) is 12.2 Å². The highest BCUT2D eigenvalue weighted by Crippen LogP contribution is 2.49. The van der Waals surface area contributed by atoms with Crippen molar-refractivity contribution in [3.63, 3.8) is 0 Å². The molecule has 2 rings (SSSR count). The summed E-state index contributed by atoms with van der Waals surface area (Å²) >= 11 is 0. The van der Waals surface area contributed by atoms with Crippen LogP contribution in [0.1, 0.15) is 32.6 Å². The Bertz CT molecular complexity index is 372. The maximum absolute atomic E-state index is 13.5. The molecular weight excluding hydrogens is 203 g/mol. The molecule has 0 bridgehead atoms. The molecule has 0 atom stereocenters. The third-order valence-electron chi connectivity index (χ3n) is 3.38. The highest BCUT2D eigenvalue weighted by molar-refractivity contribution is 5.52. The van der Waals surface area contributed by atoms with Crippen LogP contribution in [0.15, 0.2) is 18.2 Å². The highest BCUT2D eigenvalue weighted by atomic mass is 19.1. The van der Waals surface area contributed by atoms with E-state index in [1.54, 1.807) is 12.1 Å². The molecule has 3 heteroatoms. The van der Waals surface area contributed by atoms with Crippen molar-refractivity contribution >= 4 is 11.4 Å². The highest BCUT2D eigenvalue weighted by Gasteiger charge is 2.41. The van der Waals surface area contributed by atoms with E-state index >= 15 is 0 Å². The van der Waals surface area contributed by atoms with Crippen LogP contribution in [0.4, 0.5) is 15.8 Å². The Balaban J connectivity index is 1.94. The van der Waals surface area contributed by atoms with Gasteiger partial charge in [-0.15, -0.1) is 0 Å². The Kier molecular flexibility index (Phi) is 3.03. The van der Waals surface area contributed by atoms with Crippen molar-refractivity contribution in [2.75, 3.05) is 17.6 Å².